The topological polar surface area (TPSA) is 51.5 Å². The lowest BCUT2D eigenvalue weighted by Crippen LogP contribution is -2.39. The smallest absolute Gasteiger partial charge is 0.203 e. The van der Waals surface area contributed by atoms with E-state index in [1.807, 2.05) is 6.92 Å². The average Bonchev–Trinajstić information content (AvgIpc) is 2.78. The summed E-state index contributed by atoms with van der Waals surface area (Å²) in [5.41, 5.74) is 1.03. The Morgan fingerprint density at radius 1 is 1.37 bits per heavy atom. The molecule has 6 nitrogen and oxygen atoms in total. The summed E-state index contributed by atoms with van der Waals surface area (Å²) in [6, 6.07) is 0. The Morgan fingerprint density at radius 3 is 2.89 bits per heavy atom. The molecule has 1 aliphatic heterocycles. The van der Waals surface area contributed by atoms with Gasteiger partial charge in [-0.25, -0.2) is 4.98 Å². The molecule has 1 fully saturated rings. The van der Waals surface area contributed by atoms with Crippen molar-refractivity contribution < 1.29 is 9.47 Å². The van der Waals surface area contributed by atoms with E-state index < -0.39 is 0 Å². The van der Waals surface area contributed by atoms with Gasteiger partial charge in [0.2, 0.25) is 5.95 Å². The lowest BCUT2D eigenvalue weighted by molar-refractivity contribution is 0.0398. The van der Waals surface area contributed by atoms with Crippen LogP contribution in [0, 0.1) is 6.92 Å². The number of nitrogens with one attached hydrogen (secondary N) is 1. The molecule has 2 heterocycles. The van der Waals surface area contributed by atoms with Crippen LogP contribution in [0.4, 0.5) is 5.95 Å². The molecule has 0 spiro atoms. The van der Waals surface area contributed by atoms with Gasteiger partial charge < -0.3 is 19.4 Å². The molecule has 6 heteroatoms. The molecule has 0 amide bonds. The molecule has 1 aliphatic rings. The van der Waals surface area contributed by atoms with Crippen molar-refractivity contribution in [3.8, 4) is 0 Å². The van der Waals surface area contributed by atoms with Crippen molar-refractivity contribution >= 4 is 5.95 Å². The van der Waals surface area contributed by atoms with Gasteiger partial charge >= 0.3 is 0 Å². The molecule has 19 heavy (non-hydrogen) atoms. The standard InChI is InChI=1S/C13H24N4O2/c1-12-11-17(7-8-18-2)13(15-12)14-3-4-16-5-9-19-10-6-16/h11H,3-10H2,1-2H3,(H,14,15). The van der Waals surface area contributed by atoms with E-state index in [9.17, 15) is 0 Å². The molecule has 0 aliphatic carbocycles. The highest BCUT2D eigenvalue weighted by Gasteiger charge is 2.10. The molecule has 1 aromatic heterocycles. The maximum atomic E-state index is 5.34. The van der Waals surface area contributed by atoms with Crippen molar-refractivity contribution in [1.29, 1.82) is 0 Å². The van der Waals surface area contributed by atoms with Crippen molar-refractivity contribution in [2.75, 3.05) is 58.4 Å². The Hall–Kier alpha value is -1.11. The predicted octanol–water partition coefficient (Wildman–Crippen LogP) is 0.582. The third-order valence-electron chi connectivity index (χ3n) is 3.25. The molecule has 0 saturated carbocycles. The van der Waals surface area contributed by atoms with Gasteiger partial charge in [0.25, 0.3) is 0 Å². The number of methoxy groups -OCH3 is 1. The lowest BCUT2D eigenvalue weighted by Gasteiger charge is -2.26. The van der Waals surface area contributed by atoms with Crippen LogP contribution in [0.1, 0.15) is 5.69 Å². The van der Waals surface area contributed by atoms with Crippen molar-refractivity contribution in [1.82, 2.24) is 14.5 Å². The van der Waals surface area contributed by atoms with Crippen LogP contribution in [0.5, 0.6) is 0 Å². The molecule has 0 aromatic carbocycles. The van der Waals surface area contributed by atoms with E-state index in [-0.39, 0.29) is 0 Å². The predicted molar refractivity (Wildman–Crippen MR) is 74.6 cm³/mol. The van der Waals surface area contributed by atoms with Crippen LogP contribution in [-0.4, -0.2) is 67.6 Å². The molecule has 108 valence electrons. The van der Waals surface area contributed by atoms with E-state index in [1.54, 1.807) is 7.11 Å². The van der Waals surface area contributed by atoms with E-state index in [2.05, 4.69) is 26.0 Å². The van der Waals surface area contributed by atoms with Crippen LogP contribution in [0.3, 0.4) is 0 Å². The van der Waals surface area contributed by atoms with Gasteiger partial charge in [-0.2, -0.15) is 0 Å². The Bertz CT molecular complexity index is 375. The maximum Gasteiger partial charge on any atom is 0.203 e. The maximum absolute atomic E-state index is 5.34. The molecule has 2 rings (SSSR count). The number of rotatable bonds is 7. The van der Waals surface area contributed by atoms with Crippen LogP contribution in [-0.2, 0) is 16.0 Å². The lowest BCUT2D eigenvalue weighted by atomic mass is 10.4. The highest BCUT2D eigenvalue weighted by Crippen LogP contribution is 2.08. The van der Waals surface area contributed by atoms with E-state index >= 15 is 0 Å². The van der Waals surface area contributed by atoms with Crippen LogP contribution in [0.25, 0.3) is 0 Å². The fourth-order valence-electron chi connectivity index (χ4n) is 2.20. The number of morpholine rings is 1. The minimum absolute atomic E-state index is 0.702. The number of nitrogens with zero attached hydrogens (tertiary/aromatic N) is 3. The van der Waals surface area contributed by atoms with Gasteiger partial charge in [-0.15, -0.1) is 0 Å². The largest absolute Gasteiger partial charge is 0.383 e. The van der Waals surface area contributed by atoms with Crippen LogP contribution < -0.4 is 5.32 Å². The quantitative estimate of drug-likeness (QED) is 0.784. The second kappa shape index (κ2) is 7.47. The van der Waals surface area contributed by atoms with E-state index in [1.165, 1.54) is 0 Å². The first kappa shape index (κ1) is 14.3. The number of imidazole rings is 1. The molecule has 1 N–H and O–H groups in total. The first-order valence-corrected chi connectivity index (χ1v) is 6.86. The summed E-state index contributed by atoms with van der Waals surface area (Å²) in [5.74, 6) is 0.933. The molecular weight excluding hydrogens is 244 g/mol. The van der Waals surface area contributed by atoms with Gasteiger partial charge in [0.05, 0.1) is 25.5 Å². The number of aromatic nitrogens is 2. The summed E-state index contributed by atoms with van der Waals surface area (Å²) >= 11 is 0. The van der Waals surface area contributed by atoms with Crippen molar-refractivity contribution in [3.05, 3.63) is 11.9 Å². The number of hydrogen-bond donors (Lipinski definition) is 1. The van der Waals surface area contributed by atoms with Gasteiger partial charge in [-0.1, -0.05) is 0 Å². The minimum atomic E-state index is 0.702. The van der Waals surface area contributed by atoms with Crippen LogP contribution in [0.15, 0.2) is 6.20 Å². The number of aryl methyl sites for hydroxylation is 1. The zero-order valence-electron chi connectivity index (χ0n) is 11.9. The number of hydrogen-bond acceptors (Lipinski definition) is 5. The monoisotopic (exact) mass is 268 g/mol. The molecule has 1 aromatic rings. The van der Waals surface area contributed by atoms with E-state index in [4.69, 9.17) is 9.47 Å². The molecule has 0 radical (unpaired) electrons. The van der Waals surface area contributed by atoms with Crippen molar-refractivity contribution in [2.45, 2.75) is 13.5 Å². The van der Waals surface area contributed by atoms with Gasteiger partial charge in [-0.3, -0.25) is 4.90 Å². The second-order valence-electron chi connectivity index (χ2n) is 4.77. The molecular formula is C13H24N4O2. The van der Waals surface area contributed by atoms with Gasteiger partial charge in [-0.05, 0) is 6.92 Å². The summed E-state index contributed by atoms with van der Waals surface area (Å²) in [5, 5.41) is 3.40. The summed E-state index contributed by atoms with van der Waals surface area (Å²) < 4.78 is 12.6. The normalized spacial score (nSPS) is 16.7. The SMILES string of the molecule is COCCn1cc(C)nc1NCCN1CCOCC1. The molecule has 0 unspecified atom stereocenters. The second-order valence-corrected chi connectivity index (χ2v) is 4.77. The Kier molecular flexibility index (Phi) is 5.62. The number of anilines is 1. The van der Waals surface area contributed by atoms with Crippen LogP contribution in [0.2, 0.25) is 0 Å². The summed E-state index contributed by atoms with van der Waals surface area (Å²) in [6.07, 6.45) is 2.05. The zero-order chi connectivity index (χ0) is 13.5. The summed E-state index contributed by atoms with van der Waals surface area (Å²) in [6.45, 7) is 9.23. The average molecular weight is 268 g/mol. The van der Waals surface area contributed by atoms with Gasteiger partial charge in [0.1, 0.15) is 0 Å². The van der Waals surface area contributed by atoms with E-state index in [0.717, 1.165) is 57.6 Å². The third kappa shape index (κ3) is 4.49. The zero-order valence-corrected chi connectivity index (χ0v) is 11.9. The van der Waals surface area contributed by atoms with Crippen molar-refractivity contribution in [2.24, 2.45) is 0 Å². The molecule has 1 saturated heterocycles. The van der Waals surface area contributed by atoms with Crippen LogP contribution >= 0.6 is 0 Å². The van der Waals surface area contributed by atoms with Crippen molar-refractivity contribution in [3.63, 3.8) is 0 Å². The first-order valence-electron chi connectivity index (χ1n) is 6.86. The third-order valence-corrected chi connectivity index (χ3v) is 3.25. The Balaban J connectivity index is 1.77. The highest BCUT2D eigenvalue weighted by molar-refractivity contribution is 5.28. The molecule has 0 bridgehead atoms. The molecule has 0 atom stereocenters. The fraction of sp³-hybridized carbons (Fsp3) is 0.769. The Labute approximate surface area is 114 Å². The first-order chi connectivity index (χ1) is 9.29. The Morgan fingerprint density at radius 2 is 2.16 bits per heavy atom. The van der Waals surface area contributed by atoms with E-state index in [0.29, 0.717) is 6.61 Å². The minimum Gasteiger partial charge on any atom is -0.383 e. The number of ether oxygens (including phenoxy) is 2. The highest BCUT2D eigenvalue weighted by atomic mass is 16.5. The van der Waals surface area contributed by atoms with Gasteiger partial charge in [0.15, 0.2) is 0 Å². The summed E-state index contributed by atoms with van der Waals surface area (Å²) in [4.78, 5) is 6.91. The van der Waals surface area contributed by atoms with Gasteiger partial charge in [0, 0.05) is 46.0 Å². The summed E-state index contributed by atoms with van der Waals surface area (Å²) in [7, 11) is 1.72. The fourth-order valence-corrected chi connectivity index (χ4v) is 2.20.